The number of hydrogen-bond acceptors (Lipinski definition) is 3. The van der Waals surface area contributed by atoms with E-state index in [2.05, 4.69) is 17.6 Å². The number of morpholine rings is 1. The summed E-state index contributed by atoms with van der Waals surface area (Å²) in [5.41, 5.74) is 0. The van der Waals surface area contributed by atoms with Gasteiger partial charge in [-0.15, -0.1) is 0 Å². The average Bonchev–Trinajstić information content (AvgIpc) is 2.47. The summed E-state index contributed by atoms with van der Waals surface area (Å²) >= 11 is 0. The number of carbonyl (C=O) groups is 1. The van der Waals surface area contributed by atoms with Gasteiger partial charge in [0.25, 0.3) is 0 Å². The summed E-state index contributed by atoms with van der Waals surface area (Å²) in [6, 6.07) is 0.199. The van der Waals surface area contributed by atoms with Gasteiger partial charge in [-0.3, -0.25) is 4.79 Å². The molecule has 110 valence electrons. The van der Waals surface area contributed by atoms with Gasteiger partial charge in [-0.1, -0.05) is 26.2 Å². The summed E-state index contributed by atoms with van der Waals surface area (Å²) in [5, 5.41) is 6.41. The predicted octanol–water partition coefficient (Wildman–Crippen LogP) is 1.70. The van der Waals surface area contributed by atoms with Crippen LogP contribution in [-0.4, -0.2) is 38.3 Å². The minimum Gasteiger partial charge on any atom is -0.378 e. The van der Waals surface area contributed by atoms with Gasteiger partial charge in [-0.05, 0) is 24.7 Å². The van der Waals surface area contributed by atoms with Crippen molar-refractivity contribution in [2.45, 2.75) is 51.5 Å². The number of rotatable bonds is 5. The molecule has 1 aliphatic heterocycles. The first-order chi connectivity index (χ1) is 9.28. The highest BCUT2D eigenvalue weighted by Crippen LogP contribution is 2.30. The Morgan fingerprint density at radius 3 is 2.63 bits per heavy atom. The van der Waals surface area contributed by atoms with Crippen LogP contribution in [-0.2, 0) is 9.53 Å². The normalized spacial score (nSPS) is 31.9. The molecule has 19 heavy (non-hydrogen) atoms. The molecule has 0 spiro atoms. The van der Waals surface area contributed by atoms with Gasteiger partial charge in [0.15, 0.2) is 0 Å². The van der Waals surface area contributed by atoms with Crippen LogP contribution in [0.1, 0.15) is 45.4 Å². The van der Waals surface area contributed by atoms with Crippen LogP contribution in [0.5, 0.6) is 0 Å². The second kappa shape index (κ2) is 7.85. The zero-order valence-electron chi connectivity index (χ0n) is 12.1. The van der Waals surface area contributed by atoms with E-state index in [9.17, 15) is 4.79 Å². The van der Waals surface area contributed by atoms with Crippen molar-refractivity contribution in [3.63, 3.8) is 0 Å². The second-order valence-electron chi connectivity index (χ2n) is 6.03. The molecule has 2 rings (SSSR count). The maximum Gasteiger partial charge on any atom is 0.221 e. The van der Waals surface area contributed by atoms with Gasteiger partial charge < -0.3 is 15.4 Å². The van der Waals surface area contributed by atoms with E-state index in [1.807, 2.05) is 0 Å². The third kappa shape index (κ3) is 5.11. The largest absolute Gasteiger partial charge is 0.378 e. The Morgan fingerprint density at radius 2 is 2.00 bits per heavy atom. The Kier molecular flexibility index (Phi) is 6.11. The van der Waals surface area contributed by atoms with E-state index < -0.39 is 0 Å². The summed E-state index contributed by atoms with van der Waals surface area (Å²) in [5.74, 6) is 1.79. The van der Waals surface area contributed by atoms with Crippen molar-refractivity contribution in [1.29, 1.82) is 0 Å². The minimum absolute atomic E-state index is 0.167. The third-order valence-corrected chi connectivity index (χ3v) is 4.56. The van der Waals surface area contributed by atoms with Crippen molar-refractivity contribution in [2.75, 3.05) is 26.3 Å². The molecule has 1 saturated carbocycles. The standard InChI is InChI=1S/C15H28N2O2/c1-2-12-3-5-13(6-4-12)10-17-15(18)9-14-11-19-8-7-16-14/h12-14,16H,2-11H2,1H3,(H,17,18). The number of ether oxygens (including phenoxy) is 1. The van der Waals surface area contributed by atoms with Crippen LogP contribution in [0.4, 0.5) is 0 Å². The molecule has 0 aromatic carbocycles. The molecule has 1 amide bonds. The highest BCUT2D eigenvalue weighted by molar-refractivity contribution is 5.76. The highest BCUT2D eigenvalue weighted by atomic mass is 16.5. The fraction of sp³-hybridized carbons (Fsp3) is 0.933. The molecule has 1 unspecified atom stereocenters. The van der Waals surface area contributed by atoms with E-state index >= 15 is 0 Å². The van der Waals surface area contributed by atoms with E-state index in [1.165, 1.54) is 32.1 Å². The van der Waals surface area contributed by atoms with Crippen molar-refractivity contribution in [2.24, 2.45) is 11.8 Å². The Labute approximate surface area is 116 Å². The van der Waals surface area contributed by atoms with Crippen LogP contribution in [0.25, 0.3) is 0 Å². The van der Waals surface area contributed by atoms with Crippen molar-refractivity contribution < 1.29 is 9.53 Å². The minimum atomic E-state index is 0.167. The topological polar surface area (TPSA) is 50.4 Å². The maximum absolute atomic E-state index is 11.9. The van der Waals surface area contributed by atoms with Gasteiger partial charge in [-0.2, -0.15) is 0 Å². The monoisotopic (exact) mass is 268 g/mol. The quantitative estimate of drug-likeness (QED) is 0.798. The molecule has 2 aliphatic rings. The van der Waals surface area contributed by atoms with Crippen molar-refractivity contribution in [1.82, 2.24) is 10.6 Å². The molecule has 0 aromatic rings. The molecule has 0 bridgehead atoms. The van der Waals surface area contributed by atoms with E-state index in [-0.39, 0.29) is 11.9 Å². The smallest absolute Gasteiger partial charge is 0.221 e. The lowest BCUT2D eigenvalue weighted by Crippen LogP contribution is -2.44. The highest BCUT2D eigenvalue weighted by Gasteiger charge is 2.21. The SMILES string of the molecule is CCC1CCC(CNC(=O)CC2COCCN2)CC1. The van der Waals surface area contributed by atoms with Crippen LogP contribution in [0.15, 0.2) is 0 Å². The molecule has 1 saturated heterocycles. The average molecular weight is 268 g/mol. The first kappa shape index (κ1) is 14.8. The van der Waals surface area contributed by atoms with Crippen LogP contribution in [0, 0.1) is 11.8 Å². The Hall–Kier alpha value is -0.610. The lowest BCUT2D eigenvalue weighted by molar-refractivity contribution is -0.122. The van der Waals surface area contributed by atoms with Crippen LogP contribution >= 0.6 is 0 Å². The molecule has 4 heteroatoms. The van der Waals surface area contributed by atoms with Gasteiger partial charge >= 0.3 is 0 Å². The molecule has 1 atom stereocenters. The number of nitrogens with one attached hydrogen (secondary N) is 2. The first-order valence-electron chi connectivity index (χ1n) is 7.85. The summed E-state index contributed by atoms with van der Waals surface area (Å²) in [7, 11) is 0. The molecule has 2 fully saturated rings. The van der Waals surface area contributed by atoms with Gasteiger partial charge in [0.05, 0.1) is 13.2 Å². The number of amides is 1. The fourth-order valence-corrected chi connectivity index (χ4v) is 3.15. The van der Waals surface area contributed by atoms with Crippen molar-refractivity contribution in [3.8, 4) is 0 Å². The Balaban J connectivity index is 1.58. The number of carbonyl (C=O) groups excluding carboxylic acids is 1. The first-order valence-corrected chi connectivity index (χ1v) is 7.85. The van der Waals surface area contributed by atoms with Crippen molar-refractivity contribution in [3.05, 3.63) is 0 Å². The van der Waals surface area contributed by atoms with E-state index in [1.54, 1.807) is 0 Å². The summed E-state index contributed by atoms with van der Waals surface area (Å²) < 4.78 is 5.36. The molecule has 4 nitrogen and oxygen atoms in total. The number of hydrogen-bond donors (Lipinski definition) is 2. The summed E-state index contributed by atoms with van der Waals surface area (Å²) in [4.78, 5) is 11.9. The van der Waals surface area contributed by atoms with Gasteiger partial charge in [0.2, 0.25) is 5.91 Å². The van der Waals surface area contributed by atoms with Crippen LogP contribution < -0.4 is 10.6 Å². The molecule has 0 radical (unpaired) electrons. The third-order valence-electron chi connectivity index (χ3n) is 4.56. The van der Waals surface area contributed by atoms with Gasteiger partial charge in [-0.25, -0.2) is 0 Å². The Bertz CT molecular complexity index is 269. The molecule has 2 N–H and O–H groups in total. The van der Waals surface area contributed by atoms with E-state index in [4.69, 9.17) is 4.74 Å². The Morgan fingerprint density at radius 1 is 1.26 bits per heavy atom. The van der Waals surface area contributed by atoms with Crippen LogP contribution in [0.2, 0.25) is 0 Å². The summed E-state index contributed by atoms with van der Waals surface area (Å²) in [6.07, 6.45) is 7.11. The lowest BCUT2D eigenvalue weighted by Gasteiger charge is -2.28. The molecular formula is C15H28N2O2. The zero-order valence-corrected chi connectivity index (χ0v) is 12.1. The fourth-order valence-electron chi connectivity index (χ4n) is 3.15. The molecule has 1 heterocycles. The lowest BCUT2D eigenvalue weighted by atomic mass is 9.81. The predicted molar refractivity (Wildman–Crippen MR) is 76.0 cm³/mol. The van der Waals surface area contributed by atoms with Gasteiger partial charge in [0.1, 0.15) is 0 Å². The van der Waals surface area contributed by atoms with Crippen LogP contribution in [0.3, 0.4) is 0 Å². The molecule has 0 aromatic heterocycles. The van der Waals surface area contributed by atoms with E-state index in [0.29, 0.717) is 18.9 Å². The van der Waals surface area contributed by atoms with Gasteiger partial charge in [0, 0.05) is 25.6 Å². The molecular weight excluding hydrogens is 240 g/mol. The zero-order chi connectivity index (χ0) is 13.5. The van der Waals surface area contributed by atoms with E-state index in [0.717, 1.165) is 25.6 Å². The van der Waals surface area contributed by atoms with Crippen molar-refractivity contribution >= 4 is 5.91 Å². The maximum atomic E-state index is 11.9. The molecule has 1 aliphatic carbocycles. The second-order valence-corrected chi connectivity index (χ2v) is 6.03. The summed E-state index contributed by atoms with van der Waals surface area (Å²) in [6.45, 7) is 5.43.